The zero-order valence-corrected chi connectivity index (χ0v) is 12.6. The third kappa shape index (κ3) is 3.04. The Labute approximate surface area is 123 Å². The van der Waals surface area contributed by atoms with Crippen LogP contribution in [0.3, 0.4) is 0 Å². The Bertz CT molecular complexity index is 567. The third-order valence-corrected chi connectivity index (χ3v) is 4.68. The molecule has 5 heteroatoms. The first-order valence-electron chi connectivity index (χ1n) is 6.98. The minimum Gasteiger partial charge on any atom is -0.338 e. The summed E-state index contributed by atoms with van der Waals surface area (Å²) in [7, 11) is 0. The van der Waals surface area contributed by atoms with Gasteiger partial charge in [-0.05, 0) is 37.9 Å². The SMILES string of the molecule is Cc1ccc(SCc2noc(C3NCCC3C)n2)cc1. The monoisotopic (exact) mass is 289 g/mol. The highest BCUT2D eigenvalue weighted by Crippen LogP contribution is 2.28. The molecule has 1 N–H and O–H groups in total. The number of nitrogens with one attached hydrogen (secondary N) is 1. The lowest BCUT2D eigenvalue weighted by Crippen LogP contribution is -2.16. The molecule has 0 aliphatic carbocycles. The minimum absolute atomic E-state index is 0.223. The number of nitrogens with zero attached hydrogens (tertiary/aromatic N) is 2. The molecular formula is C15H19N3OS. The fraction of sp³-hybridized carbons (Fsp3) is 0.467. The average molecular weight is 289 g/mol. The third-order valence-electron chi connectivity index (χ3n) is 3.67. The lowest BCUT2D eigenvalue weighted by Gasteiger charge is -2.09. The predicted molar refractivity (Wildman–Crippen MR) is 79.6 cm³/mol. The molecule has 0 amide bonds. The summed E-state index contributed by atoms with van der Waals surface area (Å²) < 4.78 is 5.39. The molecule has 1 aromatic heterocycles. The number of benzene rings is 1. The summed E-state index contributed by atoms with van der Waals surface area (Å²) in [6, 6.07) is 8.71. The van der Waals surface area contributed by atoms with E-state index >= 15 is 0 Å². The van der Waals surface area contributed by atoms with Gasteiger partial charge < -0.3 is 9.84 Å². The van der Waals surface area contributed by atoms with E-state index in [2.05, 4.69) is 53.6 Å². The number of hydrogen-bond acceptors (Lipinski definition) is 5. The summed E-state index contributed by atoms with van der Waals surface area (Å²) in [6.45, 7) is 5.34. The van der Waals surface area contributed by atoms with Gasteiger partial charge in [-0.3, -0.25) is 0 Å². The van der Waals surface area contributed by atoms with Crippen molar-refractivity contribution in [3.8, 4) is 0 Å². The van der Waals surface area contributed by atoms with Crippen molar-refractivity contribution in [1.29, 1.82) is 0 Å². The van der Waals surface area contributed by atoms with Crippen molar-refractivity contribution in [2.75, 3.05) is 6.54 Å². The summed E-state index contributed by atoms with van der Waals surface area (Å²) in [4.78, 5) is 5.75. The first kappa shape index (κ1) is 13.6. The Morgan fingerprint density at radius 1 is 1.35 bits per heavy atom. The van der Waals surface area contributed by atoms with Gasteiger partial charge in [0.05, 0.1) is 11.8 Å². The quantitative estimate of drug-likeness (QED) is 0.875. The summed E-state index contributed by atoms with van der Waals surface area (Å²) in [5.74, 6) is 2.81. The Kier molecular flexibility index (Phi) is 4.08. The van der Waals surface area contributed by atoms with E-state index in [0.29, 0.717) is 5.92 Å². The van der Waals surface area contributed by atoms with Crippen molar-refractivity contribution in [3.63, 3.8) is 0 Å². The number of aromatic nitrogens is 2. The van der Waals surface area contributed by atoms with Crippen LogP contribution in [-0.2, 0) is 5.75 Å². The molecule has 3 rings (SSSR count). The van der Waals surface area contributed by atoms with Gasteiger partial charge in [0, 0.05) is 4.90 Å². The molecular weight excluding hydrogens is 270 g/mol. The Morgan fingerprint density at radius 3 is 2.85 bits per heavy atom. The normalized spacial score (nSPS) is 22.3. The van der Waals surface area contributed by atoms with Gasteiger partial charge in [-0.1, -0.05) is 29.8 Å². The second-order valence-corrected chi connectivity index (χ2v) is 6.40. The highest BCUT2D eigenvalue weighted by molar-refractivity contribution is 7.98. The van der Waals surface area contributed by atoms with Crippen LogP contribution in [0, 0.1) is 12.8 Å². The molecule has 1 aliphatic heterocycles. The van der Waals surface area contributed by atoms with Crippen molar-refractivity contribution in [2.45, 2.75) is 37.0 Å². The van der Waals surface area contributed by atoms with Crippen LogP contribution < -0.4 is 5.32 Å². The Hall–Kier alpha value is -1.33. The van der Waals surface area contributed by atoms with E-state index < -0.39 is 0 Å². The largest absolute Gasteiger partial charge is 0.338 e. The number of aryl methyl sites for hydroxylation is 1. The summed E-state index contributed by atoms with van der Waals surface area (Å²) >= 11 is 1.73. The molecule has 2 aromatic rings. The molecule has 1 fully saturated rings. The topological polar surface area (TPSA) is 51.0 Å². The Balaban J connectivity index is 1.61. The molecule has 4 nitrogen and oxygen atoms in total. The zero-order chi connectivity index (χ0) is 13.9. The van der Waals surface area contributed by atoms with Gasteiger partial charge in [0.15, 0.2) is 5.82 Å². The fourth-order valence-electron chi connectivity index (χ4n) is 2.40. The molecule has 106 valence electrons. The van der Waals surface area contributed by atoms with Crippen LogP contribution in [0.1, 0.15) is 36.7 Å². The van der Waals surface area contributed by atoms with E-state index in [4.69, 9.17) is 4.52 Å². The first-order chi connectivity index (χ1) is 9.72. The lowest BCUT2D eigenvalue weighted by molar-refractivity contribution is 0.317. The number of thioether (sulfide) groups is 1. The fourth-order valence-corrected chi connectivity index (χ4v) is 3.14. The predicted octanol–water partition coefficient (Wildman–Crippen LogP) is 3.34. The van der Waals surface area contributed by atoms with Crippen molar-refractivity contribution in [1.82, 2.24) is 15.5 Å². The van der Waals surface area contributed by atoms with Crippen LogP contribution >= 0.6 is 11.8 Å². The van der Waals surface area contributed by atoms with E-state index in [1.54, 1.807) is 11.8 Å². The van der Waals surface area contributed by atoms with E-state index in [9.17, 15) is 0 Å². The van der Waals surface area contributed by atoms with Crippen molar-refractivity contribution >= 4 is 11.8 Å². The maximum Gasteiger partial charge on any atom is 0.244 e. The van der Waals surface area contributed by atoms with Gasteiger partial charge >= 0.3 is 0 Å². The summed E-state index contributed by atoms with van der Waals surface area (Å²) in [5.41, 5.74) is 1.28. The number of rotatable bonds is 4. The molecule has 1 aliphatic rings. The lowest BCUT2D eigenvalue weighted by atomic mass is 10.0. The molecule has 2 heterocycles. The smallest absolute Gasteiger partial charge is 0.244 e. The highest BCUT2D eigenvalue weighted by atomic mass is 32.2. The number of hydrogen-bond donors (Lipinski definition) is 1. The summed E-state index contributed by atoms with van der Waals surface area (Å²) in [5, 5.41) is 7.49. The Morgan fingerprint density at radius 2 is 2.15 bits per heavy atom. The standard InChI is InChI=1S/C15H19N3OS/c1-10-3-5-12(6-4-10)20-9-13-17-15(19-18-13)14-11(2)7-8-16-14/h3-6,11,14,16H,7-9H2,1-2H3. The van der Waals surface area contributed by atoms with E-state index in [0.717, 1.165) is 24.0 Å². The van der Waals surface area contributed by atoms with Crippen LogP contribution in [0.4, 0.5) is 0 Å². The maximum atomic E-state index is 5.39. The van der Waals surface area contributed by atoms with Gasteiger partial charge in [0.25, 0.3) is 0 Å². The van der Waals surface area contributed by atoms with Gasteiger partial charge in [-0.2, -0.15) is 4.98 Å². The van der Waals surface area contributed by atoms with Crippen molar-refractivity contribution in [2.24, 2.45) is 5.92 Å². The van der Waals surface area contributed by atoms with Gasteiger partial charge in [-0.25, -0.2) is 0 Å². The minimum atomic E-state index is 0.223. The molecule has 0 saturated carbocycles. The molecule has 0 radical (unpaired) electrons. The maximum absolute atomic E-state index is 5.39. The second kappa shape index (κ2) is 5.97. The molecule has 2 unspecified atom stereocenters. The van der Waals surface area contributed by atoms with Crippen LogP contribution in [0.2, 0.25) is 0 Å². The van der Waals surface area contributed by atoms with Crippen LogP contribution in [0.25, 0.3) is 0 Å². The van der Waals surface area contributed by atoms with Crippen LogP contribution in [0.5, 0.6) is 0 Å². The molecule has 1 aromatic carbocycles. The summed E-state index contributed by atoms with van der Waals surface area (Å²) in [6.07, 6.45) is 1.17. The molecule has 20 heavy (non-hydrogen) atoms. The average Bonchev–Trinajstić information content (AvgIpc) is 3.06. The van der Waals surface area contributed by atoms with Gasteiger partial charge in [0.1, 0.15) is 0 Å². The first-order valence-corrected chi connectivity index (χ1v) is 7.96. The zero-order valence-electron chi connectivity index (χ0n) is 11.8. The molecule has 0 bridgehead atoms. The van der Waals surface area contributed by atoms with Gasteiger partial charge in [-0.15, -0.1) is 11.8 Å². The van der Waals surface area contributed by atoms with Crippen molar-refractivity contribution in [3.05, 3.63) is 41.5 Å². The molecule has 0 spiro atoms. The highest BCUT2D eigenvalue weighted by Gasteiger charge is 2.29. The second-order valence-electron chi connectivity index (χ2n) is 5.35. The van der Waals surface area contributed by atoms with Crippen molar-refractivity contribution < 1.29 is 4.52 Å². The van der Waals surface area contributed by atoms with E-state index in [1.165, 1.54) is 16.9 Å². The van der Waals surface area contributed by atoms with Gasteiger partial charge in [0.2, 0.25) is 5.89 Å². The van der Waals surface area contributed by atoms with Crippen LogP contribution in [-0.4, -0.2) is 16.7 Å². The van der Waals surface area contributed by atoms with E-state index in [1.807, 2.05) is 0 Å². The van der Waals surface area contributed by atoms with E-state index in [-0.39, 0.29) is 6.04 Å². The molecule has 1 saturated heterocycles. The van der Waals surface area contributed by atoms with Crippen LogP contribution in [0.15, 0.2) is 33.7 Å². The molecule has 2 atom stereocenters.